The maximum absolute atomic E-state index is 5.11. The minimum Gasteiger partial charge on any atom is -0.385 e. The third-order valence-electron chi connectivity index (χ3n) is 1.28. The van der Waals surface area contributed by atoms with E-state index >= 15 is 0 Å². The summed E-state index contributed by atoms with van der Waals surface area (Å²) in [6.07, 6.45) is 3.58. The Morgan fingerprint density at radius 1 is 1.64 bits per heavy atom. The topological polar surface area (TPSA) is 38.2 Å². The Balaban J connectivity index is 2.17. The minimum atomic E-state index is 0.759. The van der Waals surface area contributed by atoms with Crippen LogP contribution in [0.5, 0.6) is 0 Å². The van der Waals surface area contributed by atoms with E-state index in [1.54, 1.807) is 11.3 Å². The van der Waals surface area contributed by atoms with E-state index in [4.69, 9.17) is 4.84 Å². The van der Waals surface area contributed by atoms with E-state index in [1.165, 1.54) is 11.3 Å². The molecule has 0 atom stereocenters. The lowest BCUT2D eigenvalue weighted by Gasteiger charge is -2.10. The smallest absolute Gasteiger partial charge is 0.241 e. The number of aromatic nitrogens is 2. The van der Waals surface area contributed by atoms with Gasteiger partial charge in [-0.3, -0.25) is 0 Å². The summed E-state index contributed by atoms with van der Waals surface area (Å²) in [5, 5.41) is 11.3. The van der Waals surface area contributed by atoms with Crippen LogP contribution in [0.3, 0.4) is 0 Å². The van der Waals surface area contributed by atoms with Crippen LogP contribution in [0.4, 0.5) is 5.13 Å². The lowest BCUT2D eigenvalue weighted by atomic mass is 10.6. The molecule has 0 aliphatic carbocycles. The third kappa shape index (κ3) is 1.19. The molecule has 11 heavy (non-hydrogen) atoms. The van der Waals surface area contributed by atoms with Gasteiger partial charge in [0.2, 0.25) is 5.13 Å². The molecule has 1 aliphatic heterocycles. The van der Waals surface area contributed by atoms with Crippen LogP contribution in [0, 0.1) is 6.92 Å². The molecule has 0 saturated carbocycles. The first kappa shape index (κ1) is 6.60. The van der Waals surface area contributed by atoms with Gasteiger partial charge in [-0.2, -0.15) is 5.06 Å². The number of hydrogen-bond acceptors (Lipinski definition) is 5. The van der Waals surface area contributed by atoms with Gasteiger partial charge >= 0.3 is 0 Å². The maximum Gasteiger partial charge on any atom is 0.241 e. The molecule has 4 nitrogen and oxygen atoms in total. The van der Waals surface area contributed by atoms with E-state index in [2.05, 4.69) is 10.2 Å². The van der Waals surface area contributed by atoms with Crippen molar-refractivity contribution in [2.75, 3.05) is 11.6 Å². The molecule has 0 spiro atoms. The van der Waals surface area contributed by atoms with Crippen LogP contribution in [-0.2, 0) is 4.84 Å². The van der Waals surface area contributed by atoms with Gasteiger partial charge in [0.15, 0.2) is 0 Å². The van der Waals surface area contributed by atoms with Crippen LogP contribution in [0.25, 0.3) is 0 Å². The molecule has 0 aromatic carbocycles. The van der Waals surface area contributed by atoms with E-state index < -0.39 is 0 Å². The quantitative estimate of drug-likeness (QED) is 0.631. The molecule has 0 fully saturated rings. The van der Waals surface area contributed by atoms with Crippen LogP contribution < -0.4 is 5.06 Å². The van der Waals surface area contributed by atoms with Crippen LogP contribution in [0.1, 0.15) is 5.01 Å². The second-order valence-corrected chi connectivity index (χ2v) is 3.30. The molecule has 1 aromatic heterocycles. The van der Waals surface area contributed by atoms with Crippen LogP contribution in [0.2, 0.25) is 0 Å². The molecule has 2 rings (SSSR count). The fourth-order valence-corrected chi connectivity index (χ4v) is 1.46. The van der Waals surface area contributed by atoms with Gasteiger partial charge in [-0.1, -0.05) is 11.3 Å². The highest BCUT2D eigenvalue weighted by Gasteiger charge is 2.13. The molecule has 1 aliphatic rings. The second kappa shape index (κ2) is 2.50. The fraction of sp³-hybridized carbons (Fsp3) is 0.333. The van der Waals surface area contributed by atoms with Crippen molar-refractivity contribution in [3.05, 3.63) is 17.3 Å². The predicted molar refractivity (Wildman–Crippen MR) is 42.2 cm³/mol. The summed E-state index contributed by atoms with van der Waals surface area (Å²) in [7, 11) is 0. The summed E-state index contributed by atoms with van der Waals surface area (Å²) in [5.74, 6) is 0. The molecule has 0 amide bonds. The average Bonchev–Trinajstić information content (AvgIpc) is 2.55. The molecule has 2 heterocycles. The van der Waals surface area contributed by atoms with E-state index in [0.717, 1.165) is 16.7 Å². The van der Waals surface area contributed by atoms with Crippen LogP contribution in [-0.4, -0.2) is 16.7 Å². The Labute approximate surface area is 68.1 Å². The molecule has 5 heteroatoms. The van der Waals surface area contributed by atoms with Gasteiger partial charge in [-0.05, 0) is 13.0 Å². The fourth-order valence-electron chi connectivity index (χ4n) is 0.808. The minimum absolute atomic E-state index is 0.759. The third-order valence-corrected chi connectivity index (χ3v) is 2.13. The monoisotopic (exact) mass is 169 g/mol. The van der Waals surface area contributed by atoms with E-state index in [9.17, 15) is 0 Å². The Morgan fingerprint density at radius 2 is 2.55 bits per heavy atom. The SMILES string of the molecule is Cc1nnc(N2CC=CO2)s1. The van der Waals surface area contributed by atoms with E-state index in [-0.39, 0.29) is 0 Å². The van der Waals surface area contributed by atoms with Gasteiger partial charge in [0.25, 0.3) is 0 Å². The highest BCUT2D eigenvalue weighted by Crippen LogP contribution is 2.21. The van der Waals surface area contributed by atoms with Gasteiger partial charge in [0, 0.05) is 0 Å². The normalized spacial score (nSPS) is 15.5. The van der Waals surface area contributed by atoms with Gasteiger partial charge in [-0.25, -0.2) is 0 Å². The Bertz CT molecular complexity index is 275. The molecule has 0 radical (unpaired) electrons. The largest absolute Gasteiger partial charge is 0.385 e. The van der Waals surface area contributed by atoms with Crippen molar-refractivity contribution in [1.82, 2.24) is 10.2 Å². The van der Waals surface area contributed by atoms with Crippen LogP contribution in [0.15, 0.2) is 12.3 Å². The molecule has 0 N–H and O–H groups in total. The van der Waals surface area contributed by atoms with E-state index in [0.29, 0.717) is 0 Å². The van der Waals surface area contributed by atoms with Crippen molar-refractivity contribution in [3.8, 4) is 0 Å². The number of anilines is 1. The highest BCUT2D eigenvalue weighted by molar-refractivity contribution is 7.15. The number of aryl methyl sites for hydroxylation is 1. The first-order valence-electron chi connectivity index (χ1n) is 3.26. The zero-order valence-electron chi connectivity index (χ0n) is 6.02. The summed E-state index contributed by atoms with van der Waals surface area (Å²) in [4.78, 5) is 5.11. The molecule has 58 valence electrons. The lowest BCUT2D eigenvalue weighted by Crippen LogP contribution is -2.15. The second-order valence-electron chi connectivity index (χ2n) is 2.14. The summed E-state index contributed by atoms with van der Waals surface area (Å²) in [6, 6.07) is 0. The zero-order chi connectivity index (χ0) is 7.68. The van der Waals surface area contributed by atoms with Crippen molar-refractivity contribution in [2.45, 2.75) is 6.92 Å². The number of hydrogen-bond donors (Lipinski definition) is 0. The van der Waals surface area contributed by atoms with Crippen molar-refractivity contribution in [3.63, 3.8) is 0 Å². The number of hydroxylamine groups is 1. The van der Waals surface area contributed by atoms with Crippen LogP contribution >= 0.6 is 11.3 Å². The average molecular weight is 169 g/mol. The van der Waals surface area contributed by atoms with Crippen molar-refractivity contribution in [2.24, 2.45) is 0 Å². The highest BCUT2D eigenvalue weighted by atomic mass is 32.1. The Kier molecular flexibility index (Phi) is 1.50. The molecule has 0 bridgehead atoms. The van der Waals surface area contributed by atoms with Gasteiger partial charge in [0.1, 0.15) is 11.3 Å². The van der Waals surface area contributed by atoms with Crippen molar-refractivity contribution in [1.29, 1.82) is 0 Å². The number of nitrogens with zero attached hydrogens (tertiary/aromatic N) is 3. The van der Waals surface area contributed by atoms with Crippen molar-refractivity contribution >= 4 is 16.5 Å². The maximum atomic E-state index is 5.11. The first-order valence-corrected chi connectivity index (χ1v) is 4.07. The van der Waals surface area contributed by atoms with Gasteiger partial charge < -0.3 is 4.84 Å². The lowest BCUT2D eigenvalue weighted by molar-refractivity contribution is 0.246. The zero-order valence-corrected chi connectivity index (χ0v) is 6.84. The summed E-state index contributed by atoms with van der Waals surface area (Å²) < 4.78 is 0. The number of rotatable bonds is 1. The summed E-state index contributed by atoms with van der Waals surface area (Å²) in [6.45, 7) is 2.68. The molecular weight excluding hydrogens is 162 g/mol. The molecule has 0 saturated heterocycles. The summed E-state index contributed by atoms with van der Waals surface area (Å²) >= 11 is 1.52. The Hall–Kier alpha value is -1.10. The van der Waals surface area contributed by atoms with Gasteiger partial charge in [0.05, 0.1) is 6.54 Å². The molecule has 1 aromatic rings. The van der Waals surface area contributed by atoms with E-state index in [1.807, 2.05) is 13.0 Å². The molecule has 0 unspecified atom stereocenters. The Morgan fingerprint density at radius 3 is 3.09 bits per heavy atom. The first-order chi connectivity index (χ1) is 5.36. The van der Waals surface area contributed by atoms with Crippen molar-refractivity contribution < 1.29 is 4.84 Å². The van der Waals surface area contributed by atoms with Gasteiger partial charge in [-0.15, -0.1) is 10.2 Å². The standard InChI is InChI=1S/C6H7N3OS/c1-5-7-8-6(11-5)9-3-2-4-10-9/h2,4H,3H2,1H3. The molecular formula is C6H7N3OS. The summed E-state index contributed by atoms with van der Waals surface area (Å²) in [5.41, 5.74) is 0. The predicted octanol–water partition coefficient (Wildman–Crippen LogP) is 1.11.